The van der Waals surface area contributed by atoms with E-state index in [-0.39, 0.29) is 18.0 Å². The summed E-state index contributed by atoms with van der Waals surface area (Å²) in [6.45, 7) is 8.44. The Morgan fingerprint density at radius 1 is 0.943 bits per heavy atom. The molecule has 2 aromatic heterocycles. The van der Waals surface area contributed by atoms with E-state index >= 15 is 0 Å². The molecule has 186 valence electrons. The molecule has 2 aliphatic heterocycles. The zero-order valence-corrected chi connectivity index (χ0v) is 21.6. The van der Waals surface area contributed by atoms with Crippen LogP contribution in [0.2, 0.25) is 0 Å². The van der Waals surface area contributed by atoms with Crippen LogP contribution in [0.5, 0.6) is 0 Å². The van der Waals surface area contributed by atoms with Crippen molar-refractivity contribution in [2.24, 2.45) is 0 Å². The summed E-state index contributed by atoms with van der Waals surface area (Å²) in [7, 11) is 0. The predicted molar refractivity (Wildman–Crippen MR) is 138 cm³/mol. The van der Waals surface area contributed by atoms with E-state index in [1.165, 1.54) is 9.71 Å². The van der Waals surface area contributed by atoms with Crippen molar-refractivity contribution in [3.63, 3.8) is 0 Å². The summed E-state index contributed by atoms with van der Waals surface area (Å²) in [4.78, 5) is 34.5. The maximum atomic E-state index is 13.4. The number of carbonyl (C=O) groups excluding carboxylic acids is 2. The number of ether oxygens (including phenoxy) is 1. The first-order chi connectivity index (χ1) is 16.8. The third-order valence-electron chi connectivity index (χ3n) is 6.95. The summed E-state index contributed by atoms with van der Waals surface area (Å²) < 4.78 is 8.87. The van der Waals surface area contributed by atoms with E-state index in [0.29, 0.717) is 19.0 Å². The van der Waals surface area contributed by atoms with Crippen molar-refractivity contribution in [3.8, 4) is 0 Å². The van der Waals surface area contributed by atoms with Crippen molar-refractivity contribution in [2.45, 2.75) is 64.0 Å². The van der Waals surface area contributed by atoms with Crippen molar-refractivity contribution in [2.75, 3.05) is 26.2 Å². The Balaban J connectivity index is 1.18. The standard InChI is InChI=1S/C27H34N4O3S/c1-27(2,3)34-26(33)30-17-12-20(13-18-30)31-14-6-8-22(31)25(32)29-15-10-19(11-16-29)24-28-21-7-4-5-9-23(21)35-24/h4-9,14,19-20H,10-13,15-18H2,1-3H3. The summed E-state index contributed by atoms with van der Waals surface area (Å²) >= 11 is 1.78. The van der Waals surface area contributed by atoms with Gasteiger partial charge in [0.1, 0.15) is 11.3 Å². The smallest absolute Gasteiger partial charge is 0.410 e. The number of carbonyl (C=O) groups is 2. The second-order valence-corrected chi connectivity index (χ2v) is 11.6. The van der Waals surface area contributed by atoms with Gasteiger partial charge in [-0.3, -0.25) is 4.79 Å². The van der Waals surface area contributed by atoms with E-state index in [4.69, 9.17) is 9.72 Å². The molecule has 0 bridgehead atoms. The summed E-state index contributed by atoms with van der Waals surface area (Å²) in [5.74, 6) is 0.521. The molecule has 0 unspecified atom stereocenters. The van der Waals surface area contributed by atoms with Gasteiger partial charge in [-0.2, -0.15) is 0 Å². The number of fused-ring (bicyclic) bond motifs is 1. The molecule has 0 aliphatic carbocycles. The number of hydrogen-bond donors (Lipinski definition) is 0. The van der Waals surface area contributed by atoms with Crippen LogP contribution in [0.1, 0.15) is 73.9 Å². The summed E-state index contributed by atoms with van der Waals surface area (Å²) in [5.41, 5.74) is 1.33. The van der Waals surface area contributed by atoms with Crippen molar-refractivity contribution in [1.82, 2.24) is 19.4 Å². The highest BCUT2D eigenvalue weighted by Gasteiger charge is 2.31. The van der Waals surface area contributed by atoms with Crippen LogP contribution in [-0.2, 0) is 4.74 Å². The minimum Gasteiger partial charge on any atom is -0.444 e. The number of hydrogen-bond acceptors (Lipinski definition) is 5. The normalized spacial score (nSPS) is 18.3. The Morgan fingerprint density at radius 2 is 1.63 bits per heavy atom. The first kappa shape index (κ1) is 23.9. The van der Waals surface area contributed by atoms with E-state index in [0.717, 1.165) is 50.0 Å². The molecule has 7 nitrogen and oxygen atoms in total. The topological polar surface area (TPSA) is 67.7 Å². The number of amides is 2. The molecule has 8 heteroatoms. The van der Waals surface area contributed by atoms with Gasteiger partial charge in [0.15, 0.2) is 0 Å². The Morgan fingerprint density at radius 3 is 2.31 bits per heavy atom. The molecule has 0 radical (unpaired) electrons. The average Bonchev–Trinajstić information content (AvgIpc) is 3.50. The van der Waals surface area contributed by atoms with E-state index in [1.54, 1.807) is 16.2 Å². The number of benzene rings is 1. The van der Waals surface area contributed by atoms with Gasteiger partial charge in [-0.25, -0.2) is 9.78 Å². The molecule has 0 spiro atoms. The lowest BCUT2D eigenvalue weighted by Crippen LogP contribution is -2.43. The fourth-order valence-electron chi connectivity index (χ4n) is 5.10. The third-order valence-corrected chi connectivity index (χ3v) is 8.15. The molecule has 1 aromatic carbocycles. The van der Waals surface area contributed by atoms with Crippen LogP contribution in [0.4, 0.5) is 4.79 Å². The lowest BCUT2D eigenvalue weighted by atomic mass is 9.97. The van der Waals surface area contributed by atoms with Crippen LogP contribution in [0.3, 0.4) is 0 Å². The SMILES string of the molecule is CC(C)(C)OC(=O)N1CCC(n2cccc2C(=O)N2CCC(c3nc4ccccc4s3)CC2)CC1. The highest BCUT2D eigenvalue weighted by atomic mass is 32.1. The molecule has 0 N–H and O–H groups in total. The fraction of sp³-hybridized carbons (Fsp3) is 0.519. The molecule has 2 aliphatic rings. The second kappa shape index (κ2) is 9.64. The first-order valence-electron chi connectivity index (χ1n) is 12.6. The van der Waals surface area contributed by atoms with Gasteiger partial charge in [0.05, 0.1) is 15.2 Å². The fourth-order valence-corrected chi connectivity index (χ4v) is 6.24. The van der Waals surface area contributed by atoms with E-state index in [2.05, 4.69) is 22.8 Å². The van der Waals surface area contributed by atoms with Gasteiger partial charge in [-0.1, -0.05) is 12.1 Å². The monoisotopic (exact) mass is 494 g/mol. The van der Waals surface area contributed by atoms with Crippen LogP contribution in [0.15, 0.2) is 42.6 Å². The molecule has 2 amide bonds. The summed E-state index contributed by atoms with van der Waals surface area (Å²) in [5, 5.41) is 1.19. The average molecular weight is 495 g/mol. The summed E-state index contributed by atoms with van der Waals surface area (Å²) in [6.07, 6.45) is 5.27. The van der Waals surface area contributed by atoms with E-state index in [9.17, 15) is 9.59 Å². The Kier molecular flexibility index (Phi) is 6.57. The molecule has 2 saturated heterocycles. The number of likely N-dealkylation sites (tertiary alicyclic amines) is 2. The Hall–Kier alpha value is -2.87. The van der Waals surface area contributed by atoms with Gasteiger partial charge >= 0.3 is 6.09 Å². The van der Waals surface area contributed by atoms with Crippen LogP contribution in [0.25, 0.3) is 10.2 Å². The summed E-state index contributed by atoms with van der Waals surface area (Å²) in [6, 6.07) is 12.4. The van der Waals surface area contributed by atoms with Crippen LogP contribution < -0.4 is 0 Å². The number of thiazole rings is 1. The van der Waals surface area contributed by atoms with Crippen molar-refractivity contribution < 1.29 is 14.3 Å². The van der Waals surface area contributed by atoms with Crippen LogP contribution in [-0.4, -0.2) is 63.1 Å². The van der Waals surface area contributed by atoms with Gasteiger partial charge in [-0.15, -0.1) is 11.3 Å². The van der Waals surface area contributed by atoms with Gasteiger partial charge in [0.25, 0.3) is 5.91 Å². The molecule has 0 saturated carbocycles. The van der Waals surface area contributed by atoms with Crippen LogP contribution in [0, 0.1) is 0 Å². The lowest BCUT2D eigenvalue weighted by Gasteiger charge is -2.35. The zero-order valence-electron chi connectivity index (χ0n) is 20.8. The minimum atomic E-state index is -0.492. The van der Waals surface area contributed by atoms with Gasteiger partial charge < -0.3 is 19.1 Å². The number of para-hydroxylation sites is 1. The molecule has 3 aromatic rings. The lowest BCUT2D eigenvalue weighted by molar-refractivity contribution is 0.0186. The number of nitrogens with zero attached hydrogens (tertiary/aromatic N) is 4. The molecule has 5 rings (SSSR count). The van der Waals surface area contributed by atoms with Crippen molar-refractivity contribution in [3.05, 3.63) is 53.3 Å². The molecule has 4 heterocycles. The molecule has 35 heavy (non-hydrogen) atoms. The second-order valence-electron chi connectivity index (χ2n) is 10.6. The third kappa shape index (κ3) is 5.22. The van der Waals surface area contributed by atoms with Crippen LogP contribution >= 0.6 is 11.3 Å². The van der Waals surface area contributed by atoms with Gasteiger partial charge in [0.2, 0.25) is 0 Å². The van der Waals surface area contributed by atoms with Gasteiger partial charge in [0, 0.05) is 44.3 Å². The molecular weight excluding hydrogens is 460 g/mol. The highest BCUT2D eigenvalue weighted by molar-refractivity contribution is 7.18. The molecular formula is C27H34N4O3S. The van der Waals surface area contributed by atoms with Crippen molar-refractivity contribution >= 4 is 33.6 Å². The predicted octanol–water partition coefficient (Wildman–Crippen LogP) is 5.69. The maximum Gasteiger partial charge on any atom is 0.410 e. The van der Waals surface area contributed by atoms with E-state index < -0.39 is 5.60 Å². The maximum absolute atomic E-state index is 13.4. The molecule has 0 atom stereocenters. The number of rotatable bonds is 3. The van der Waals surface area contributed by atoms with E-state index in [1.807, 2.05) is 50.1 Å². The largest absolute Gasteiger partial charge is 0.444 e. The Bertz CT molecular complexity index is 1160. The molecule has 2 fully saturated rings. The number of piperidine rings is 2. The quantitative estimate of drug-likeness (QED) is 0.469. The first-order valence-corrected chi connectivity index (χ1v) is 13.4. The van der Waals surface area contributed by atoms with Crippen molar-refractivity contribution in [1.29, 1.82) is 0 Å². The Labute approximate surface area is 210 Å². The minimum absolute atomic E-state index is 0.104. The zero-order chi connectivity index (χ0) is 24.6. The number of aromatic nitrogens is 2. The highest BCUT2D eigenvalue weighted by Crippen LogP contribution is 2.34. The van der Waals surface area contributed by atoms with Gasteiger partial charge in [-0.05, 0) is 70.7 Å².